The Balaban J connectivity index is 1.92. The monoisotopic (exact) mass is 330 g/mol. The van der Waals surface area contributed by atoms with Gasteiger partial charge in [-0.1, -0.05) is 32.6 Å². The van der Waals surface area contributed by atoms with Gasteiger partial charge in [-0.2, -0.15) is 5.10 Å². The van der Waals surface area contributed by atoms with Crippen molar-refractivity contribution in [1.82, 2.24) is 15.6 Å². The predicted molar refractivity (Wildman–Crippen MR) is 94.7 cm³/mol. The van der Waals surface area contributed by atoms with E-state index in [1.54, 1.807) is 0 Å². The molecule has 0 fully saturated rings. The number of hydrogen-bond acceptors (Lipinski definition) is 4. The van der Waals surface area contributed by atoms with Crippen molar-refractivity contribution in [2.24, 2.45) is 5.84 Å². The van der Waals surface area contributed by atoms with Crippen LogP contribution in [0.2, 0.25) is 0 Å². The number of nitrogens with two attached hydrogens (primary N) is 1. The zero-order valence-electron chi connectivity index (χ0n) is 14.4. The Morgan fingerprint density at radius 2 is 1.92 bits per heavy atom. The number of hydrogen-bond donors (Lipinski definition) is 3. The first-order valence-corrected chi connectivity index (χ1v) is 8.46. The van der Waals surface area contributed by atoms with E-state index in [0.717, 1.165) is 35.6 Å². The van der Waals surface area contributed by atoms with Gasteiger partial charge in [-0.05, 0) is 37.6 Å². The molecule has 1 amide bonds. The molecule has 1 aromatic heterocycles. The second kappa shape index (κ2) is 9.08. The Morgan fingerprint density at radius 1 is 1.21 bits per heavy atom. The molecule has 0 atom stereocenters. The van der Waals surface area contributed by atoms with E-state index in [1.165, 1.54) is 25.7 Å². The SMILES string of the molecule is CCCCCCCOc1ccc(-c2n[nH]c(C(=O)NN)c2C)cc1. The van der Waals surface area contributed by atoms with Gasteiger partial charge < -0.3 is 4.74 Å². The standard InChI is InChI=1S/C18H26N4O2/c1-3-4-5-6-7-12-24-15-10-8-14(9-11-15)16-13(2)17(22-21-16)18(23)20-19/h8-11H,3-7,12,19H2,1-2H3,(H,20,23)(H,21,22). The zero-order valence-corrected chi connectivity index (χ0v) is 14.4. The molecular weight excluding hydrogens is 304 g/mol. The largest absolute Gasteiger partial charge is 0.494 e. The summed E-state index contributed by atoms with van der Waals surface area (Å²) in [7, 11) is 0. The van der Waals surface area contributed by atoms with Crippen molar-refractivity contribution in [3.8, 4) is 17.0 Å². The van der Waals surface area contributed by atoms with Crippen LogP contribution >= 0.6 is 0 Å². The van der Waals surface area contributed by atoms with Gasteiger partial charge in [0.1, 0.15) is 11.4 Å². The molecule has 0 unspecified atom stereocenters. The number of hydrazine groups is 1. The number of rotatable bonds is 9. The molecule has 0 aliphatic heterocycles. The van der Waals surface area contributed by atoms with Gasteiger partial charge in [0.25, 0.3) is 5.91 Å². The Hall–Kier alpha value is -2.34. The third-order valence-corrected chi connectivity index (χ3v) is 4.01. The Morgan fingerprint density at radius 3 is 2.58 bits per heavy atom. The maximum atomic E-state index is 11.6. The van der Waals surface area contributed by atoms with Crippen molar-refractivity contribution < 1.29 is 9.53 Å². The topological polar surface area (TPSA) is 93.0 Å². The number of aromatic amines is 1. The summed E-state index contributed by atoms with van der Waals surface area (Å²) in [5, 5.41) is 6.93. The Bertz CT molecular complexity index is 650. The van der Waals surface area contributed by atoms with Gasteiger partial charge in [0, 0.05) is 11.1 Å². The summed E-state index contributed by atoms with van der Waals surface area (Å²) >= 11 is 0. The molecule has 1 aromatic carbocycles. The molecule has 0 bridgehead atoms. The van der Waals surface area contributed by atoms with Crippen LogP contribution in [0.15, 0.2) is 24.3 Å². The van der Waals surface area contributed by atoms with Gasteiger partial charge in [-0.25, -0.2) is 5.84 Å². The molecule has 6 nitrogen and oxygen atoms in total. The lowest BCUT2D eigenvalue weighted by atomic mass is 10.1. The molecule has 0 aliphatic rings. The van der Waals surface area contributed by atoms with Crippen LogP contribution in [0.1, 0.15) is 55.1 Å². The fourth-order valence-corrected chi connectivity index (χ4v) is 2.58. The summed E-state index contributed by atoms with van der Waals surface area (Å²) in [4.78, 5) is 11.6. The molecule has 0 aliphatic carbocycles. The number of nitrogen functional groups attached to an aromatic ring is 1. The highest BCUT2D eigenvalue weighted by Gasteiger charge is 2.15. The third kappa shape index (κ3) is 4.58. The smallest absolute Gasteiger partial charge is 0.283 e. The first-order chi connectivity index (χ1) is 11.7. The second-order valence-electron chi connectivity index (χ2n) is 5.83. The maximum Gasteiger partial charge on any atom is 0.283 e. The number of carbonyl (C=O) groups is 1. The van der Waals surface area contributed by atoms with E-state index in [2.05, 4.69) is 22.5 Å². The molecule has 2 aromatic rings. The summed E-state index contributed by atoms with van der Waals surface area (Å²) in [6, 6.07) is 7.75. The molecule has 0 radical (unpaired) electrons. The number of carbonyl (C=O) groups excluding carboxylic acids is 1. The lowest BCUT2D eigenvalue weighted by molar-refractivity contribution is 0.0948. The molecule has 0 saturated heterocycles. The van der Waals surface area contributed by atoms with Gasteiger partial charge in [-0.3, -0.25) is 15.3 Å². The average Bonchev–Trinajstić information content (AvgIpc) is 2.99. The van der Waals surface area contributed by atoms with E-state index in [9.17, 15) is 4.79 Å². The van der Waals surface area contributed by atoms with E-state index < -0.39 is 0 Å². The molecule has 130 valence electrons. The maximum absolute atomic E-state index is 11.6. The number of benzene rings is 1. The van der Waals surface area contributed by atoms with Crippen LogP contribution in [0, 0.1) is 6.92 Å². The van der Waals surface area contributed by atoms with Gasteiger partial charge >= 0.3 is 0 Å². The van der Waals surface area contributed by atoms with E-state index in [0.29, 0.717) is 5.69 Å². The van der Waals surface area contributed by atoms with Crippen LogP contribution in [-0.2, 0) is 0 Å². The first-order valence-electron chi connectivity index (χ1n) is 8.46. The average molecular weight is 330 g/mol. The minimum Gasteiger partial charge on any atom is -0.494 e. The highest BCUT2D eigenvalue weighted by molar-refractivity contribution is 5.94. The summed E-state index contributed by atoms with van der Waals surface area (Å²) in [5.74, 6) is 5.63. The molecule has 0 saturated carbocycles. The van der Waals surface area contributed by atoms with Crippen molar-refractivity contribution in [3.05, 3.63) is 35.5 Å². The highest BCUT2D eigenvalue weighted by atomic mass is 16.5. The van der Waals surface area contributed by atoms with Gasteiger partial charge in [-0.15, -0.1) is 0 Å². The Labute approximate surface area is 142 Å². The van der Waals surface area contributed by atoms with Gasteiger partial charge in [0.2, 0.25) is 0 Å². The van der Waals surface area contributed by atoms with Gasteiger partial charge in [0.05, 0.1) is 12.3 Å². The summed E-state index contributed by atoms with van der Waals surface area (Å²) in [6.07, 6.45) is 6.11. The number of aromatic nitrogens is 2. The van der Waals surface area contributed by atoms with Crippen LogP contribution in [0.3, 0.4) is 0 Å². The highest BCUT2D eigenvalue weighted by Crippen LogP contribution is 2.25. The number of unbranched alkanes of at least 4 members (excludes halogenated alkanes) is 4. The molecule has 6 heteroatoms. The van der Waals surface area contributed by atoms with E-state index >= 15 is 0 Å². The van der Waals surface area contributed by atoms with E-state index in [-0.39, 0.29) is 5.91 Å². The fourth-order valence-electron chi connectivity index (χ4n) is 2.58. The van der Waals surface area contributed by atoms with Crippen LogP contribution in [0.5, 0.6) is 5.75 Å². The third-order valence-electron chi connectivity index (χ3n) is 4.01. The fraction of sp³-hybridized carbons (Fsp3) is 0.444. The molecule has 2 rings (SSSR count). The summed E-state index contributed by atoms with van der Waals surface area (Å²) in [6.45, 7) is 4.79. The lowest BCUT2D eigenvalue weighted by Crippen LogP contribution is -2.30. The van der Waals surface area contributed by atoms with Crippen LogP contribution in [-0.4, -0.2) is 22.7 Å². The minimum atomic E-state index is -0.380. The summed E-state index contributed by atoms with van der Waals surface area (Å²) in [5.41, 5.74) is 4.91. The number of nitrogens with zero attached hydrogens (tertiary/aromatic N) is 1. The zero-order chi connectivity index (χ0) is 17.4. The van der Waals surface area contributed by atoms with E-state index in [4.69, 9.17) is 10.6 Å². The van der Waals surface area contributed by atoms with Crippen molar-refractivity contribution in [3.63, 3.8) is 0 Å². The number of nitrogens with one attached hydrogen (secondary N) is 2. The predicted octanol–water partition coefficient (Wildman–Crippen LogP) is 3.34. The van der Waals surface area contributed by atoms with Crippen molar-refractivity contribution in [2.75, 3.05) is 6.61 Å². The Kier molecular flexibility index (Phi) is 6.81. The van der Waals surface area contributed by atoms with Crippen LogP contribution < -0.4 is 16.0 Å². The number of H-pyrrole nitrogens is 1. The molecule has 0 spiro atoms. The normalized spacial score (nSPS) is 10.6. The number of ether oxygens (including phenoxy) is 1. The van der Waals surface area contributed by atoms with Gasteiger partial charge in [0.15, 0.2) is 0 Å². The molecule has 24 heavy (non-hydrogen) atoms. The number of amides is 1. The quantitative estimate of drug-likeness (QED) is 0.284. The van der Waals surface area contributed by atoms with Crippen molar-refractivity contribution in [1.29, 1.82) is 0 Å². The van der Waals surface area contributed by atoms with Crippen molar-refractivity contribution in [2.45, 2.75) is 46.0 Å². The molecule has 4 N–H and O–H groups in total. The second-order valence-corrected chi connectivity index (χ2v) is 5.83. The molecule has 1 heterocycles. The lowest BCUT2D eigenvalue weighted by Gasteiger charge is -2.07. The molecular formula is C18H26N4O2. The minimum absolute atomic E-state index is 0.375. The van der Waals surface area contributed by atoms with Crippen molar-refractivity contribution >= 4 is 5.91 Å². The van der Waals surface area contributed by atoms with Crippen LogP contribution in [0.4, 0.5) is 0 Å². The first kappa shape index (κ1) is 18.0. The van der Waals surface area contributed by atoms with E-state index in [1.807, 2.05) is 31.2 Å². The van der Waals surface area contributed by atoms with Crippen LogP contribution in [0.25, 0.3) is 11.3 Å². The summed E-state index contributed by atoms with van der Waals surface area (Å²) < 4.78 is 5.76.